The van der Waals surface area contributed by atoms with Crippen LogP contribution >= 0.6 is 0 Å². The van der Waals surface area contributed by atoms with E-state index >= 15 is 0 Å². The summed E-state index contributed by atoms with van der Waals surface area (Å²) in [6, 6.07) is 0. The number of piperazine rings is 1. The zero-order valence-electron chi connectivity index (χ0n) is 14.9. The van der Waals surface area contributed by atoms with Crippen molar-refractivity contribution in [1.82, 2.24) is 15.1 Å². The molecule has 1 N–H and O–H groups in total. The molecule has 2 rings (SSSR count). The molecule has 134 valence electrons. The number of alkyl halides is 2. The summed E-state index contributed by atoms with van der Waals surface area (Å²) in [6.45, 7) is 11.2. The fourth-order valence-electron chi connectivity index (χ4n) is 4.13. The Morgan fingerprint density at radius 2 is 1.65 bits per heavy atom. The molecule has 1 amide bonds. The van der Waals surface area contributed by atoms with Crippen LogP contribution in [0.3, 0.4) is 0 Å². The Kier molecular flexibility index (Phi) is 5.67. The van der Waals surface area contributed by atoms with Crippen molar-refractivity contribution in [3.8, 4) is 0 Å². The zero-order valence-corrected chi connectivity index (χ0v) is 14.9. The summed E-state index contributed by atoms with van der Waals surface area (Å²) in [5.74, 6) is 0.539. The third kappa shape index (κ3) is 5.68. The fourth-order valence-corrected chi connectivity index (χ4v) is 4.13. The molecule has 4 nitrogen and oxygen atoms in total. The van der Waals surface area contributed by atoms with E-state index in [-0.39, 0.29) is 23.5 Å². The van der Waals surface area contributed by atoms with Gasteiger partial charge in [-0.1, -0.05) is 0 Å². The Morgan fingerprint density at radius 3 is 2.13 bits per heavy atom. The molecule has 6 heteroatoms. The highest BCUT2D eigenvalue weighted by atomic mass is 19.3. The monoisotopic (exact) mass is 331 g/mol. The van der Waals surface area contributed by atoms with Crippen molar-refractivity contribution >= 4 is 5.91 Å². The van der Waals surface area contributed by atoms with Gasteiger partial charge in [0.05, 0.1) is 6.54 Å². The molecule has 2 fully saturated rings. The topological polar surface area (TPSA) is 35.6 Å². The molecule has 2 aliphatic heterocycles. The van der Waals surface area contributed by atoms with Crippen molar-refractivity contribution in [3.05, 3.63) is 0 Å². The van der Waals surface area contributed by atoms with E-state index in [0.717, 1.165) is 25.9 Å². The highest BCUT2D eigenvalue weighted by Crippen LogP contribution is 2.25. The van der Waals surface area contributed by atoms with Crippen LogP contribution in [0.15, 0.2) is 0 Å². The van der Waals surface area contributed by atoms with Crippen LogP contribution in [0, 0.1) is 5.92 Å². The highest BCUT2D eigenvalue weighted by Gasteiger charge is 2.38. The number of halogens is 2. The largest absolute Gasteiger partial charge is 0.339 e. The number of nitrogens with zero attached hydrogens (tertiary/aromatic N) is 2. The minimum Gasteiger partial charge on any atom is -0.339 e. The van der Waals surface area contributed by atoms with E-state index in [0.29, 0.717) is 25.4 Å². The predicted octanol–water partition coefficient (Wildman–Crippen LogP) is 2.34. The van der Waals surface area contributed by atoms with E-state index in [1.165, 1.54) is 0 Å². The average molecular weight is 331 g/mol. The van der Waals surface area contributed by atoms with Crippen LogP contribution < -0.4 is 5.32 Å². The lowest BCUT2D eigenvalue weighted by Gasteiger charge is -2.48. The van der Waals surface area contributed by atoms with Gasteiger partial charge in [0.15, 0.2) is 0 Å². The highest BCUT2D eigenvalue weighted by molar-refractivity contribution is 5.77. The zero-order chi connectivity index (χ0) is 17.3. The molecular formula is C17H31F2N3O. The van der Waals surface area contributed by atoms with Crippen molar-refractivity contribution < 1.29 is 13.6 Å². The Hall–Kier alpha value is -0.750. The van der Waals surface area contributed by atoms with Gasteiger partial charge in [0.2, 0.25) is 5.91 Å². The number of carbonyl (C=O) groups excluding carboxylic acids is 1. The summed E-state index contributed by atoms with van der Waals surface area (Å²) < 4.78 is 24.8. The molecule has 0 bridgehead atoms. The molecule has 2 heterocycles. The summed E-state index contributed by atoms with van der Waals surface area (Å²) in [5.41, 5.74) is -0.171. The van der Waals surface area contributed by atoms with E-state index in [9.17, 15) is 13.6 Å². The van der Waals surface area contributed by atoms with Crippen LogP contribution in [0.2, 0.25) is 0 Å². The van der Waals surface area contributed by atoms with Crippen LogP contribution in [-0.4, -0.2) is 65.9 Å². The Bertz CT molecular complexity index is 402. The van der Waals surface area contributed by atoms with Gasteiger partial charge in [0.25, 0.3) is 6.43 Å². The van der Waals surface area contributed by atoms with Gasteiger partial charge in [0, 0.05) is 30.6 Å². The van der Waals surface area contributed by atoms with Crippen molar-refractivity contribution in [1.29, 1.82) is 0 Å². The number of piperidine rings is 1. The maximum absolute atomic E-state index is 12.7. The Balaban J connectivity index is 1.83. The van der Waals surface area contributed by atoms with Gasteiger partial charge < -0.3 is 10.2 Å². The number of carbonyl (C=O) groups is 1. The van der Waals surface area contributed by atoms with Gasteiger partial charge in [-0.3, -0.25) is 9.69 Å². The van der Waals surface area contributed by atoms with Crippen molar-refractivity contribution in [2.75, 3.05) is 32.7 Å². The number of hydrogen-bond donors (Lipinski definition) is 1. The van der Waals surface area contributed by atoms with Crippen molar-refractivity contribution in [2.24, 2.45) is 5.92 Å². The summed E-state index contributed by atoms with van der Waals surface area (Å²) in [4.78, 5) is 16.4. The van der Waals surface area contributed by atoms with Gasteiger partial charge >= 0.3 is 0 Å². The summed E-state index contributed by atoms with van der Waals surface area (Å²) in [6.07, 6.45) is -0.0258. The SMILES string of the molecule is CC1(C)CN(C(=O)CC2CCN(CC(F)F)CC2)CC(C)(C)N1. The van der Waals surface area contributed by atoms with Crippen molar-refractivity contribution in [2.45, 2.75) is 64.5 Å². The second-order valence-corrected chi connectivity index (χ2v) is 8.48. The second kappa shape index (κ2) is 7.01. The number of likely N-dealkylation sites (tertiary alicyclic amines) is 1. The summed E-state index contributed by atoms with van der Waals surface area (Å²) in [7, 11) is 0. The second-order valence-electron chi connectivity index (χ2n) is 8.48. The van der Waals surface area contributed by atoms with Gasteiger partial charge in [-0.25, -0.2) is 8.78 Å². The smallest absolute Gasteiger partial charge is 0.251 e. The van der Waals surface area contributed by atoms with E-state index in [1.54, 1.807) is 0 Å². The van der Waals surface area contributed by atoms with Gasteiger partial charge in [0.1, 0.15) is 0 Å². The number of amides is 1. The van der Waals surface area contributed by atoms with Crippen molar-refractivity contribution in [3.63, 3.8) is 0 Å². The lowest BCUT2D eigenvalue weighted by atomic mass is 9.89. The van der Waals surface area contributed by atoms with Gasteiger partial charge in [-0.2, -0.15) is 0 Å². The molecule has 0 unspecified atom stereocenters. The first kappa shape index (κ1) is 18.6. The lowest BCUT2D eigenvalue weighted by Crippen LogP contribution is -2.67. The third-order valence-corrected chi connectivity index (χ3v) is 4.77. The van der Waals surface area contributed by atoms with Crippen LogP contribution in [0.5, 0.6) is 0 Å². The van der Waals surface area contributed by atoms with Crippen LogP contribution in [-0.2, 0) is 4.79 Å². The molecule has 0 aromatic rings. The number of rotatable bonds is 4. The molecule has 0 atom stereocenters. The maximum Gasteiger partial charge on any atom is 0.251 e. The molecule has 0 radical (unpaired) electrons. The molecule has 0 aromatic carbocycles. The third-order valence-electron chi connectivity index (χ3n) is 4.77. The van der Waals surface area contributed by atoms with E-state index in [1.807, 2.05) is 9.80 Å². The molecule has 2 aliphatic rings. The molecule has 0 spiro atoms. The van der Waals surface area contributed by atoms with Crippen LogP contribution in [0.25, 0.3) is 0 Å². The lowest BCUT2D eigenvalue weighted by molar-refractivity contribution is -0.136. The normalized spacial score (nSPS) is 25.8. The molecule has 0 aliphatic carbocycles. The Morgan fingerprint density at radius 1 is 1.13 bits per heavy atom. The van der Waals surface area contributed by atoms with Gasteiger partial charge in [-0.05, 0) is 59.5 Å². The number of nitrogens with one attached hydrogen (secondary N) is 1. The first-order valence-electron chi connectivity index (χ1n) is 8.64. The van der Waals surface area contributed by atoms with Gasteiger partial charge in [-0.15, -0.1) is 0 Å². The van der Waals surface area contributed by atoms with Crippen LogP contribution in [0.4, 0.5) is 8.78 Å². The van der Waals surface area contributed by atoms with E-state index < -0.39 is 6.43 Å². The first-order valence-corrected chi connectivity index (χ1v) is 8.64. The maximum atomic E-state index is 12.7. The summed E-state index contributed by atoms with van der Waals surface area (Å²) >= 11 is 0. The molecule has 23 heavy (non-hydrogen) atoms. The Labute approximate surface area is 138 Å². The minimum absolute atomic E-state index is 0.0853. The fraction of sp³-hybridized carbons (Fsp3) is 0.941. The molecular weight excluding hydrogens is 300 g/mol. The number of hydrogen-bond acceptors (Lipinski definition) is 3. The van der Waals surface area contributed by atoms with E-state index in [4.69, 9.17) is 0 Å². The van der Waals surface area contributed by atoms with E-state index in [2.05, 4.69) is 33.0 Å². The quantitative estimate of drug-likeness (QED) is 0.859. The molecule has 0 aromatic heterocycles. The summed E-state index contributed by atoms with van der Waals surface area (Å²) in [5, 5.41) is 3.57. The minimum atomic E-state index is -2.27. The predicted molar refractivity (Wildman–Crippen MR) is 87.7 cm³/mol. The average Bonchev–Trinajstić information content (AvgIpc) is 2.36. The van der Waals surface area contributed by atoms with Crippen LogP contribution in [0.1, 0.15) is 47.0 Å². The molecule has 0 saturated carbocycles. The first-order chi connectivity index (χ1) is 10.6. The standard InChI is InChI=1S/C17H31F2N3O/c1-16(2)11-22(12-17(3,4)20-16)15(23)9-13-5-7-21(8-6-13)10-14(18)19/h13-14,20H,5-12H2,1-4H3. The molecule has 2 saturated heterocycles.